The summed E-state index contributed by atoms with van der Waals surface area (Å²) in [5, 5.41) is 0. The molecule has 0 spiro atoms. The number of hydrogen-bond donors (Lipinski definition) is 3. The highest BCUT2D eigenvalue weighted by atomic mass is 16.3. The van der Waals surface area contributed by atoms with Crippen LogP contribution in [-0.4, -0.2) is 4.98 Å². The van der Waals surface area contributed by atoms with Crippen LogP contribution in [0.5, 0.6) is 0 Å². The van der Waals surface area contributed by atoms with Crippen molar-refractivity contribution in [2.75, 3.05) is 17.2 Å². The number of aromatic nitrogens is 1. The van der Waals surface area contributed by atoms with Gasteiger partial charge < -0.3 is 21.6 Å². The normalized spacial score (nSPS) is 11.1. The first-order valence-corrected chi connectivity index (χ1v) is 9.59. The molecule has 5 aromatic rings. The van der Waals surface area contributed by atoms with Gasteiger partial charge in [-0.2, -0.15) is 0 Å². The summed E-state index contributed by atoms with van der Waals surface area (Å²) in [6.45, 7) is 0. The Bertz CT molecular complexity index is 1290. The fourth-order valence-electron chi connectivity index (χ4n) is 3.61. The highest BCUT2D eigenvalue weighted by Gasteiger charge is 2.15. The van der Waals surface area contributed by atoms with Crippen molar-refractivity contribution >= 4 is 28.2 Å². The summed E-state index contributed by atoms with van der Waals surface area (Å²) >= 11 is 0. The summed E-state index contributed by atoms with van der Waals surface area (Å²) in [6, 6.07) is 27.1. The molecule has 30 heavy (non-hydrogen) atoms. The van der Waals surface area contributed by atoms with Crippen molar-refractivity contribution in [3.8, 4) is 33.7 Å². The van der Waals surface area contributed by atoms with Gasteiger partial charge in [-0.05, 0) is 82.9 Å². The number of benzene rings is 4. The maximum Gasteiger partial charge on any atom is 0.227 e. The Morgan fingerprint density at radius 3 is 1.77 bits per heavy atom. The van der Waals surface area contributed by atoms with Crippen LogP contribution in [0.15, 0.2) is 89.3 Å². The number of fused-ring (bicyclic) bond motifs is 1. The zero-order valence-corrected chi connectivity index (χ0v) is 16.2. The molecule has 0 unspecified atom stereocenters. The first-order valence-electron chi connectivity index (χ1n) is 9.59. The minimum atomic E-state index is 0.549. The lowest BCUT2D eigenvalue weighted by atomic mass is 9.93. The van der Waals surface area contributed by atoms with Crippen LogP contribution in [0.2, 0.25) is 0 Å². The Balaban J connectivity index is 1.75. The highest BCUT2D eigenvalue weighted by Crippen LogP contribution is 2.38. The second-order valence-corrected chi connectivity index (χ2v) is 7.26. The Hall–Kier alpha value is -4.25. The van der Waals surface area contributed by atoms with Gasteiger partial charge >= 0.3 is 0 Å². The number of hydrogen-bond acceptors (Lipinski definition) is 5. The molecule has 0 amide bonds. The van der Waals surface area contributed by atoms with E-state index in [1.807, 2.05) is 84.9 Å². The van der Waals surface area contributed by atoms with Crippen molar-refractivity contribution in [1.29, 1.82) is 0 Å². The lowest BCUT2D eigenvalue weighted by Crippen LogP contribution is -1.90. The van der Waals surface area contributed by atoms with Gasteiger partial charge in [-0.25, -0.2) is 4.98 Å². The Labute approximate surface area is 173 Å². The molecule has 0 saturated heterocycles. The van der Waals surface area contributed by atoms with Gasteiger partial charge in [-0.15, -0.1) is 0 Å². The summed E-state index contributed by atoms with van der Waals surface area (Å²) in [5.41, 5.74) is 26.4. The number of anilines is 3. The van der Waals surface area contributed by atoms with Gasteiger partial charge in [-0.3, -0.25) is 0 Å². The van der Waals surface area contributed by atoms with Gasteiger partial charge in [0.2, 0.25) is 5.89 Å². The quantitative estimate of drug-likeness (QED) is 0.348. The van der Waals surface area contributed by atoms with E-state index in [0.29, 0.717) is 28.5 Å². The molecule has 5 nitrogen and oxygen atoms in total. The predicted octanol–water partition coefficient (Wildman–Crippen LogP) is 5.58. The van der Waals surface area contributed by atoms with E-state index in [4.69, 9.17) is 26.6 Å². The van der Waals surface area contributed by atoms with E-state index in [9.17, 15) is 0 Å². The van der Waals surface area contributed by atoms with E-state index in [1.54, 1.807) is 0 Å². The molecule has 0 aliphatic rings. The zero-order chi connectivity index (χ0) is 20.7. The van der Waals surface area contributed by atoms with Gasteiger partial charge in [0.15, 0.2) is 5.58 Å². The molecule has 0 aliphatic carbocycles. The van der Waals surface area contributed by atoms with Crippen molar-refractivity contribution in [2.24, 2.45) is 0 Å². The molecule has 0 aliphatic heterocycles. The number of nitrogen functional groups attached to an aromatic ring is 3. The molecule has 0 saturated carbocycles. The smallest absolute Gasteiger partial charge is 0.227 e. The molecule has 0 radical (unpaired) electrons. The Kier molecular flexibility index (Phi) is 4.14. The Morgan fingerprint density at radius 1 is 0.567 bits per heavy atom. The molecule has 0 atom stereocenters. The van der Waals surface area contributed by atoms with E-state index in [1.165, 1.54) is 0 Å². The van der Waals surface area contributed by atoms with Crippen molar-refractivity contribution in [3.05, 3.63) is 84.9 Å². The van der Waals surface area contributed by atoms with E-state index < -0.39 is 0 Å². The van der Waals surface area contributed by atoms with Gasteiger partial charge in [-0.1, -0.05) is 24.3 Å². The van der Waals surface area contributed by atoms with Gasteiger partial charge in [0.1, 0.15) is 5.52 Å². The molecule has 0 fully saturated rings. The van der Waals surface area contributed by atoms with Crippen LogP contribution in [-0.2, 0) is 0 Å². The fraction of sp³-hybridized carbons (Fsp3) is 0. The average molecular weight is 392 g/mol. The van der Waals surface area contributed by atoms with E-state index in [0.717, 1.165) is 33.3 Å². The van der Waals surface area contributed by atoms with Crippen LogP contribution in [0.4, 0.5) is 17.1 Å². The lowest BCUT2D eigenvalue weighted by molar-refractivity contribution is 0.620. The third kappa shape index (κ3) is 3.22. The van der Waals surface area contributed by atoms with Crippen molar-refractivity contribution < 1.29 is 4.42 Å². The van der Waals surface area contributed by atoms with Gasteiger partial charge in [0.05, 0.1) is 0 Å². The summed E-state index contributed by atoms with van der Waals surface area (Å²) in [4.78, 5) is 4.71. The predicted molar refractivity (Wildman–Crippen MR) is 124 cm³/mol. The van der Waals surface area contributed by atoms with Gasteiger partial charge in [0, 0.05) is 22.6 Å². The lowest BCUT2D eigenvalue weighted by Gasteiger charge is -2.11. The molecule has 6 N–H and O–H groups in total. The molecule has 1 aromatic heterocycles. The molecule has 146 valence electrons. The molecule has 0 bridgehead atoms. The fourth-order valence-corrected chi connectivity index (χ4v) is 3.61. The van der Waals surface area contributed by atoms with Crippen molar-refractivity contribution in [1.82, 2.24) is 4.98 Å². The van der Waals surface area contributed by atoms with Crippen LogP contribution in [0.3, 0.4) is 0 Å². The van der Waals surface area contributed by atoms with E-state index in [-0.39, 0.29) is 0 Å². The van der Waals surface area contributed by atoms with Crippen LogP contribution < -0.4 is 17.2 Å². The first-order chi connectivity index (χ1) is 14.6. The van der Waals surface area contributed by atoms with Crippen LogP contribution in [0.1, 0.15) is 0 Å². The number of nitrogens with zero attached hydrogens (tertiary/aromatic N) is 1. The maximum absolute atomic E-state index is 6.09. The molecular weight excluding hydrogens is 372 g/mol. The third-order valence-corrected chi connectivity index (χ3v) is 5.08. The minimum Gasteiger partial charge on any atom is -0.436 e. The highest BCUT2D eigenvalue weighted by molar-refractivity contribution is 5.94. The third-order valence-electron chi connectivity index (χ3n) is 5.08. The van der Waals surface area contributed by atoms with Crippen molar-refractivity contribution in [2.45, 2.75) is 0 Å². The van der Waals surface area contributed by atoms with Gasteiger partial charge in [0.25, 0.3) is 0 Å². The average Bonchev–Trinajstić information content (AvgIpc) is 3.16. The molecular formula is C25H20N4O. The molecule has 4 aromatic carbocycles. The number of nitrogens with two attached hydrogens (primary N) is 3. The zero-order valence-electron chi connectivity index (χ0n) is 16.2. The van der Waals surface area contributed by atoms with Crippen LogP contribution >= 0.6 is 0 Å². The number of rotatable bonds is 3. The van der Waals surface area contributed by atoms with Crippen LogP contribution in [0, 0.1) is 0 Å². The Morgan fingerprint density at radius 2 is 1.17 bits per heavy atom. The van der Waals surface area contributed by atoms with Crippen molar-refractivity contribution in [3.63, 3.8) is 0 Å². The first kappa shape index (κ1) is 17.8. The maximum atomic E-state index is 6.09. The summed E-state index contributed by atoms with van der Waals surface area (Å²) in [5.74, 6) is 0.549. The topological polar surface area (TPSA) is 104 Å². The SMILES string of the molecule is Nc1ccc(-c2nc3cc(-c4cccc(N)c4)c(-c4cccc(N)c4)cc3o2)cc1. The molecule has 5 heteroatoms. The summed E-state index contributed by atoms with van der Waals surface area (Å²) < 4.78 is 6.09. The number of oxazole rings is 1. The second kappa shape index (κ2) is 6.97. The standard InChI is InChI=1S/C25H20N4O/c26-18-9-7-15(8-10-18)25-29-23-13-21(16-3-1-5-19(27)11-16)22(14-24(23)30-25)17-4-2-6-20(28)12-17/h1-14H,26-28H2. The second-order valence-electron chi connectivity index (χ2n) is 7.26. The molecule has 5 rings (SSSR count). The van der Waals surface area contributed by atoms with E-state index in [2.05, 4.69) is 0 Å². The molecule has 1 heterocycles. The van der Waals surface area contributed by atoms with E-state index >= 15 is 0 Å². The largest absolute Gasteiger partial charge is 0.436 e. The summed E-state index contributed by atoms with van der Waals surface area (Å²) in [6.07, 6.45) is 0. The van der Waals surface area contributed by atoms with Crippen LogP contribution in [0.25, 0.3) is 44.8 Å². The minimum absolute atomic E-state index is 0.549. The summed E-state index contributed by atoms with van der Waals surface area (Å²) in [7, 11) is 0. The monoisotopic (exact) mass is 392 g/mol.